The largest absolute Gasteiger partial charge is 0.497 e. The Morgan fingerprint density at radius 3 is 2.66 bits per heavy atom. The molecule has 2 aliphatic heterocycles. The second-order valence-electron chi connectivity index (χ2n) is 9.31. The normalized spacial score (nSPS) is 16.9. The Hall–Kier alpha value is -4.05. The smallest absolute Gasteiger partial charge is 0.156 e. The lowest BCUT2D eigenvalue weighted by Crippen LogP contribution is -2.23. The van der Waals surface area contributed by atoms with Crippen molar-refractivity contribution in [2.75, 3.05) is 18.6 Å². The van der Waals surface area contributed by atoms with Crippen molar-refractivity contribution in [2.24, 2.45) is 4.99 Å². The Bertz CT molecular complexity index is 1360. The van der Waals surface area contributed by atoms with Crippen molar-refractivity contribution in [1.29, 1.82) is 0 Å². The molecule has 0 radical (unpaired) electrons. The highest BCUT2D eigenvalue weighted by Crippen LogP contribution is 2.41. The van der Waals surface area contributed by atoms with Crippen LogP contribution in [0.25, 0.3) is 16.7 Å². The topological polar surface area (TPSA) is 37.7 Å². The molecule has 0 N–H and O–H groups in total. The summed E-state index contributed by atoms with van der Waals surface area (Å²) in [5.41, 5.74) is 7.66. The maximum atomic E-state index is 5.49. The highest BCUT2D eigenvalue weighted by molar-refractivity contribution is 6.08. The Morgan fingerprint density at radius 2 is 1.89 bits per heavy atom. The van der Waals surface area contributed by atoms with Gasteiger partial charge < -0.3 is 9.64 Å². The van der Waals surface area contributed by atoms with E-state index in [0.29, 0.717) is 0 Å². The van der Waals surface area contributed by atoms with E-state index in [0.717, 1.165) is 52.5 Å². The van der Waals surface area contributed by atoms with Crippen molar-refractivity contribution in [2.45, 2.75) is 25.7 Å². The van der Waals surface area contributed by atoms with Crippen LogP contribution in [0.4, 0.5) is 11.5 Å². The van der Waals surface area contributed by atoms with Crippen molar-refractivity contribution >= 4 is 22.8 Å². The zero-order valence-electron chi connectivity index (χ0n) is 20.5. The summed E-state index contributed by atoms with van der Waals surface area (Å²) in [6.45, 7) is 9.31. The number of nitrogens with zero attached hydrogens (tertiary/aromatic N) is 3. The fourth-order valence-corrected chi connectivity index (χ4v) is 4.65. The van der Waals surface area contributed by atoms with Gasteiger partial charge in [-0.1, -0.05) is 56.3 Å². The number of methoxy groups -OCH3 is 1. The Labute approximate surface area is 208 Å². The van der Waals surface area contributed by atoms with Crippen LogP contribution in [0.1, 0.15) is 31.4 Å². The molecule has 0 saturated carbocycles. The molecule has 0 spiro atoms. The van der Waals surface area contributed by atoms with Crippen molar-refractivity contribution < 1.29 is 4.74 Å². The van der Waals surface area contributed by atoms with Crippen LogP contribution in [-0.2, 0) is 5.41 Å². The molecule has 4 nitrogen and oxygen atoms in total. The molecule has 1 aromatic heterocycles. The summed E-state index contributed by atoms with van der Waals surface area (Å²) in [6, 6.07) is 18.8. The summed E-state index contributed by atoms with van der Waals surface area (Å²) in [6.07, 6.45) is 13.4. The van der Waals surface area contributed by atoms with E-state index < -0.39 is 0 Å². The molecule has 2 aliphatic rings. The van der Waals surface area contributed by atoms with Crippen LogP contribution in [0.5, 0.6) is 5.75 Å². The molecule has 2 aromatic carbocycles. The number of ether oxygens (including phenoxy) is 1. The number of aromatic nitrogens is 1. The average Bonchev–Trinajstić information content (AvgIpc) is 3.14. The fourth-order valence-electron chi connectivity index (χ4n) is 4.65. The van der Waals surface area contributed by atoms with Gasteiger partial charge >= 0.3 is 0 Å². The highest BCUT2D eigenvalue weighted by Gasteiger charge is 2.34. The van der Waals surface area contributed by atoms with E-state index in [2.05, 4.69) is 104 Å². The zero-order chi connectivity index (χ0) is 24.4. The van der Waals surface area contributed by atoms with Crippen LogP contribution in [0.3, 0.4) is 0 Å². The van der Waals surface area contributed by atoms with Crippen LogP contribution < -0.4 is 9.64 Å². The minimum Gasteiger partial charge on any atom is -0.497 e. The van der Waals surface area contributed by atoms with Gasteiger partial charge in [0.25, 0.3) is 0 Å². The first-order valence-corrected chi connectivity index (χ1v) is 12.0. The SMILES string of the molecule is [CH2+]CCN1C=CC(=CC=CC2=Nc3ncc(-c4ccccc4)cc3C2(C)C)c2cc(OC)ccc21. The summed E-state index contributed by atoms with van der Waals surface area (Å²) < 4.78 is 5.49. The van der Waals surface area contributed by atoms with E-state index in [1.807, 2.05) is 18.3 Å². The minimum absolute atomic E-state index is 0.226. The average molecular weight is 461 g/mol. The Morgan fingerprint density at radius 1 is 1.06 bits per heavy atom. The molecule has 0 atom stereocenters. The number of rotatable bonds is 6. The standard InChI is InChI=1S/C31H30N3O/c1-5-17-34-18-16-23(26-20-25(35-4)14-15-28(26)34)12-9-13-29-31(2,3)27-19-24(21-32-30(27)33-29)22-10-7-6-8-11-22/h6-16,18-21H,1,5,17H2,2-4H3/q+1. The van der Waals surface area contributed by atoms with Crippen molar-refractivity contribution in [3.8, 4) is 16.9 Å². The molecule has 174 valence electrons. The van der Waals surface area contributed by atoms with Gasteiger partial charge in [0, 0.05) is 40.2 Å². The molecule has 0 bridgehead atoms. The molecule has 4 heteroatoms. The lowest BCUT2D eigenvalue weighted by molar-refractivity contribution is 0.414. The van der Waals surface area contributed by atoms with E-state index in [9.17, 15) is 0 Å². The molecule has 0 unspecified atom stereocenters. The van der Waals surface area contributed by atoms with E-state index >= 15 is 0 Å². The fraction of sp³-hybridized carbons (Fsp3) is 0.194. The van der Waals surface area contributed by atoms with Crippen LogP contribution in [0, 0.1) is 6.92 Å². The van der Waals surface area contributed by atoms with Crippen LogP contribution in [0.15, 0.2) is 96.3 Å². The van der Waals surface area contributed by atoms with Gasteiger partial charge in [-0.2, -0.15) is 0 Å². The predicted molar refractivity (Wildman–Crippen MR) is 146 cm³/mol. The number of hydrogen-bond donors (Lipinski definition) is 0. The first kappa shape index (κ1) is 22.7. The second kappa shape index (κ2) is 9.30. The van der Waals surface area contributed by atoms with Gasteiger partial charge in [0.05, 0.1) is 26.3 Å². The highest BCUT2D eigenvalue weighted by atomic mass is 16.5. The van der Waals surface area contributed by atoms with Gasteiger partial charge in [-0.25, -0.2) is 9.98 Å². The molecule has 0 aliphatic carbocycles. The summed E-state index contributed by atoms with van der Waals surface area (Å²) in [7, 11) is 1.70. The number of hydrogen-bond acceptors (Lipinski definition) is 4. The number of anilines is 1. The molecule has 0 saturated heterocycles. The molecule has 0 amide bonds. The van der Waals surface area contributed by atoms with Crippen molar-refractivity contribution in [1.82, 2.24) is 4.98 Å². The summed E-state index contributed by atoms with van der Waals surface area (Å²) in [4.78, 5) is 11.8. The third kappa shape index (κ3) is 4.28. The van der Waals surface area contributed by atoms with Gasteiger partial charge in [-0.3, -0.25) is 0 Å². The van der Waals surface area contributed by atoms with Gasteiger partial charge in [-0.15, -0.1) is 0 Å². The van der Waals surface area contributed by atoms with Gasteiger partial charge in [0.15, 0.2) is 5.82 Å². The molecule has 35 heavy (non-hydrogen) atoms. The maximum Gasteiger partial charge on any atom is 0.156 e. The molecular weight excluding hydrogens is 430 g/mol. The first-order chi connectivity index (χ1) is 17.0. The van der Waals surface area contributed by atoms with Gasteiger partial charge in [0.1, 0.15) is 12.2 Å². The number of pyridine rings is 1. The first-order valence-electron chi connectivity index (χ1n) is 12.0. The number of benzene rings is 2. The van der Waals surface area contributed by atoms with E-state index in [1.165, 1.54) is 11.3 Å². The lowest BCUT2D eigenvalue weighted by Gasteiger charge is -2.27. The van der Waals surface area contributed by atoms with Crippen LogP contribution >= 0.6 is 0 Å². The van der Waals surface area contributed by atoms with Crippen LogP contribution in [0.2, 0.25) is 0 Å². The molecule has 3 aromatic rings. The third-order valence-corrected chi connectivity index (χ3v) is 6.70. The monoisotopic (exact) mass is 460 g/mol. The Balaban J connectivity index is 1.43. The number of aliphatic imine (C=N–C) groups is 1. The minimum atomic E-state index is -0.226. The number of allylic oxidation sites excluding steroid dienone is 5. The van der Waals surface area contributed by atoms with E-state index in [-0.39, 0.29) is 5.41 Å². The van der Waals surface area contributed by atoms with Crippen molar-refractivity contribution in [3.05, 3.63) is 109 Å². The quantitative estimate of drug-likeness (QED) is 0.362. The van der Waals surface area contributed by atoms with Gasteiger partial charge in [0.2, 0.25) is 0 Å². The third-order valence-electron chi connectivity index (χ3n) is 6.70. The maximum absolute atomic E-state index is 5.49. The number of fused-ring (bicyclic) bond motifs is 2. The molecule has 3 heterocycles. The lowest BCUT2D eigenvalue weighted by atomic mass is 9.81. The zero-order valence-corrected chi connectivity index (χ0v) is 20.5. The molecular formula is C31H30N3O+. The molecule has 0 fully saturated rings. The summed E-state index contributed by atoms with van der Waals surface area (Å²) >= 11 is 0. The van der Waals surface area contributed by atoms with E-state index in [4.69, 9.17) is 9.73 Å². The van der Waals surface area contributed by atoms with Crippen LogP contribution in [-0.4, -0.2) is 24.4 Å². The van der Waals surface area contributed by atoms with Crippen molar-refractivity contribution in [3.63, 3.8) is 0 Å². The van der Waals surface area contributed by atoms with E-state index in [1.54, 1.807) is 7.11 Å². The summed E-state index contributed by atoms with van der Waals surface area (Å²) in [5.74, 6) is 1.65. The molecule has 5 rings (SSSR count). The van der Waals surface area contributed by atoms with Gasteiger partial charge in [-0.05, 0) is 47.6 Å². The predicted octanol–water partition coefficient (Wildman–Crippen LogP) is 7.32. The second-order valence-corrected chi connectivity index (χ2v) is 9.31. The summed E-state index contributed by atoms with van der Waals surface area (Å²) in [5, 5.41) is 0. The Kier molecular flexibility index (Phi) is 6.04.